The largest absolute Gasteiger partial charge is 0.493 e. The quantitative estimate of drug-likeness (QED) is 0.578. The van der Waals surface area contributed by atoms with Gasteiger partial charge in [-0.25, -0.2) is 0 Å². The van der Waals surface area contributed by atoms with Crippen molar-refractivity contribution in [3.05, 3.63) is 47.9 Å². The molecule has 1 aromatic rings. The number of benzene rings is 1. The van der Waals surface area contributed by atoms with Gasteiger partial charge in [0.05, 0.1) is 6.61 Å². The summed E-state index contributed by atoms with van der Waals surface area (Å²) in [5.74, 6) is 4.29. The van der Waals surface area contributed by atoms with E-state index in [9.17, 15) is 0 Å². The molecule has 0 heterocycles. The molecule has 0 fully saturated rings. The Morgan fingerprint density at radius 1 is 1.20 bits per heavy atom. The van der Waals surface area contributed by atoms with Gasteiger partial charge in [0.25, 0.3) is 0 Å². The Hall–Kier alpha value is -1.68. The first-order chi connectivity index (χ1) is 9.83. The lowest BCUT2D eigenvalue weighted by molar-refractivity contribution is 0.323. The Kier molecular flexibility index (Phi) is 5.74. The summed E-state index contributed by atoms with van der Waals surface area (Å²) < 4.78 is 5.74. The van der Waals surface area contributed by atoms with Crippen molar-refractivity contribution in [3.63, 3.8) is 0 Å². The second-order valence-electron chi connectivity index (χ2n) is 5.30. The Morgan fingerprint density at radius 3 is 2.55 bits per heavy atom. The van der Waals surface area contributed by atoms with E-state index in [1.165, 1.54) is 24.0 Å². The van der Waals surface area contributed by atoms with Crippen LogP contribution in [0.4, 0.5) is 0 Å². The lowest BCUT2D eigenvalue weighted by Gasteiger charge is -2.16. The third-order valence-electron chi connectivity index (χ3n) is 3.69. The molecule has 0 N–H and O–H groups in total. The summed E-state index contributed by atoms with van der Waals surface area (Å²) >= 11 is 0. The molecule has 1 heteroatoms. The average molecular weight is 267 g/mol. The van der Waals surface area contributed by atoms with Crippen molar-refractivity contribution in [1.82, 2.24) is 0 Å². The zero-order valence-corrected chi connectivity index (χ0v) is 12.3. The molecule has 0 saturated heterocycles. The van der Waals surface area contributed by atoms with E-state index in [1.807, 2.05) is 0 Å². The predicted molar refractivity (Wildman–Crippen MR) is 84.7 cm³/mol. The van der Waals surface area contributed by atoms with Gasteiger partial charge >= 0.3 is 0 Å². The summed E-state index contributed by atoms with van der Waals surface area (Å²) in [6, 6.07) is 8.54. The molecule has 1 nitrogen and oxygen atoms in total. The molecule has 105 valence electrons. The lowest BCUT2D eigenvalue weighted by Crippen LogP contribution is -2.00. The van der Waals surface area contributed by atoms with Gasteiger partial charge in [0.15, 0.2) is 0 Å². The van der Waals surface area contributed by atoms with Crippen LogP contribution in [-0.4, -0.2) is 6.61 Å². The van der Waals surface area contributed by atoms with Crippen LogP contribution in [0.3, 0.4) is 0 Å². The standard InChI is InChI=1S/C19H23O/c1-3-5-7-17(6-4-2)18-10-12-19(13-11-18)20-15-14-16-8-9-16/h1,8-13,17H,4-7,14-15H2,2H3. The van der Waals surface area contributed by atoms with Crippen LogP contribution in [0, 0.1) is 18.8 Å². The highest BCUT2D eigenvalue weighted by Gasteiger charge is 2.10. The fourth-order valence-corrected chi connectivity index (χ4v) is 2.43. The van der Waals surface area contributed by atoms with Crippen molar-refractivity contribution in [2.24, 2.45) is 0 Å². The third-order valence-corrected chi connectivity index (χ3v) is 3.69. The summed E-state index contributed by atoms with van der Waals surface area (Å²) in [4.78, 5) is 0. The lowest BCUT2D eigenvalue weighted by atomic mass is 9.90. The molecule has 0 spiro atoms. The van der Waals surface area contributed by atoms with Crippen molar-refractivity contribution in [2.75, 3.05) is 6.61 Å². The van der Waals surface area contributed by atoms with Crippen molar-refractivity contribution in [1.29, 1.82) is 0 Å². The second kappa shape index (κ2) is 7.80. The summed E-state index contributed by atoms with van der Waals surface area (Å²) in [7, 11) is 0. The number of rotatable bonds is 9. The highest BCUT2D eigenvalue weighted by Crippen LogP contribution is 2.28. The maximum Gasteiger partial charge on any atom is 0.119 e. The van der Waals surface area contributed by atoms with Crippen molar-refractivity contribution >= 4 is 0 Å². The van der Waals surface area contributed by atoms with E-state index >= 15 is 0 Å². The van der Waals surface area contributed by atoms with Crippen molar-refractivity contribution in [2.45, 2.75) is 44.9 Å². The number of hydrogen-bond acceptors (Lipinski definition) is 1. The van der Waals surface area contributed by atoms with Gasteiger partial charge in [0, 0.05) is 19.3 Å². The van der Waals surface area contributed by atoms with Crippen LogP contribution in [0.25, 0.3) is 0 Å². The van der Waals surface area contributed by atoms with Gasteiger partial charge in [0.2, 0.25) is 0 Å². The molecular formula is C19H23O. The number of terminal acetylenes is 1. The Morgan fingerprint density at radius 2 is 1.95 bits per heavy atom. The normalized spacial score (nSPS) is 14.3. The molecule has 0 amide bonds. The fraction of sp³-hybridized carbons (Fsp3) is 0.421. The molecule has 0 bridgehead atoms. The molecule has 1 aliphatic carbocycles. The Balaban J connectivity index is 1.86. The topological polar surface area (TPSA) is 9.23 Å². The summed E-state index contributed by atoms with van der Waals surface area (Å²) in [6.07, 6.45) is 15.0. The molecule has 1 aliphatic rings. The minimum absolute atomic E-state index is 0.580. The monoisotopic (exact) mass is 267 g/mol. The number of allylic oxidation sites excluding steroid dienone is 1. The Bertz CT molecular complexity index is 475. The van der Waals surface area contributed by atoms with E-state index < -0.39 is 0 Å². The first-order valence-electron chi connectivity index (χ1n) is 7.53. The van der Waals surface area contributed by atoms with E-state index in [-0.39, 0.29) is 0 Å². The van der Waals surface area contributed by atoms with Crippen LogP contribution in [-0.2, 0) is 0 Å². The van der Waals surface area contributed by atoms with Crippen molar-refractivity contribution in [3.8, 4) is 18.1 Å². The molecule has 0 aromatic heterocycles. The van der Waals surface area contributed by atoms with Gasteiger partial charge in [-0.05, 0) is 36.5 Å². The van der Waals surface area contributed by atoms with Gasteiger partial charge in [-0.1, -0.05) is 37.1 Å². The van der Waals surface area contributed by atoms with Gasteiger partial charge < -0.3 is 4.74 Å². The number of hydrogen-bond donors (Lipinski definition) is 0. The minimum Gasteiger partial charge on any atom is -0.493 e. The minimum atomic E-state index is 0.580. The molecule has 1 atom stereocenters. The number of ether oxygens (including phenoxy) is 1. The fourth-order valence-electron chi connectivity index (χ4n) is 2.43. The van der Waals surface area contributed by atoms with Crippen LogP contribution in [0.2, 0.25) is 0 Å². The van der Waals surface area contributed by atoms with E-state index in [0.717, 1.165) is 31.6 Å². The molecule has 0 saturated carbocycles. The highest BCUT2D eigenvalue weighted by atomic mass is 16.5. The Labute approximate surface area is 123 Å². The molecule has 1 unspecified atom stereocenters. The first kappa shape index (κ1) is 14.7. The van der Waals surface area contributed by atoms with E-state index in [2.05, 4.69) is 49.6 Å². The molecule has 1 aromatic carbocycles. The van der Waals surface area contributed by atoms with Gasteiger partial charge in [-0.15, -0.1) is 12.3 Å². The SMILES string of the molecule is C#CCCC(CCC)c1ccc(OCCC2=C[CH]2)cc1. The molecule has 0 aliphatic heterocycles. The molecule has 1 radical (unpaired) electrons. The first-order valence-corrected chi connectivity index (χ1v) is 7.53. The average Bonchev–Trinajstić information content (AvgIpc) is 3.29. The maximum atomic E-state index is 5.74. The highest BCUT2D eigenvalue weighted by molar-refractivity contribution is 5.38. The predicted octanol–water partition coefficient (Wildman–Crippen LogP) is 4.90. The molecule has 20 heavy (non-hydrogen) atoms. The summed E-state index contributed by atoms with van der Waals surface area (Å²) in [6.45, 7) is 2.99. The molecular weight excluding hydrogens is 244 g/mol. The maximum absolute atomic E-state index is 5.74. The van der Waals surface area contributed by atoms with Gasteiger partial charge in [-0.3, -0.25) is 0 Å². The smallest absolute Gasteiger partial charge is 0.119 e. The summed E-state index contributed by atoms with van der Waals surface area (Å²) in [5.41, 5.74) is 2.78. The van der Waals surface area contributed by atoms with E-state index in [0.29, 0.717) is 5.92 Å². The van der Waals surface area contributed by atoms with Crippen LogP contribution >= 0.6 is 0 Å². The van der Waals surface area contributed by atoms with Crippen molar-refractivity contribution < 1.29 is 4.74 Å². The van der Waals surface area contributed by atoms with Crippen LogP contribution in [0.5, 0.6) is 5.75 Å². The van der Waals surface area contributed by atoms with E-state index in [1.54, 1.807) is 0 Å². The van der Waals surface area contributed by atoms with Gasteiger partial charge in [-0.2, -0.15) is 0 Å². The second-order valence-corrected chi connectivity index (χ2v) is 5.30. The van der Waals surface area contributed by atoms with Crippen LogP contribution < -0.4 is 4.74 Å². The van der Waals surface area contributed by atoms with Gasteiger partial charge in [0.1, 0.15) is 5.75 Å². The van der Waals surface area contributed by atoms with Crippen LogP contribution in [0.1, 0.15) is 50.5 Å². The summed E-state index contributed by atoms with van der Waals surface area (Å²) in [5, 5.41) is 0. The van der Waals surface area contributed by atoms with E-state index in [4.69, 9.17) is 11.2 Å². The molecule has 2 rings (SSSR count). The zero-order valence-electron chi connectivity index (χ0n) is 12.3. The third kappa shape index (κ3) is 4.78. The van der Waals surface area contributed by atoms with Crippen LogP contribution in [0.15, 0.2) is 35.9 Å². The zero-order chi connectivity index (χ0) is 14.2.